The van der Waals surface area contributed by atoms with Crippen molar-refractivity contribution in [2.45, 2.75) is 25.7 Å². The Morgan fingerprint density at radius 2 is 2.00 bits per heavy atom. The number of benzene rings is 1. The Morgan fingerprint density at radius 1 is 1.17 bits per heavy atom. The molecule has 0 fully saturated rings. The van der Waals surface area contributed by atoms with Gasteiger partial charge in [0.2, 0.25) is 0 Å². The van der Waals surface area contributed by atoms with Crippen molar-refractivity contribution in [1.82, 2.24) is 20.2 Å². The monoisotopic (exact) mass is 326 g/mol. The highest BCUT2D eigenvalue weighted by atomic mass is 32.1. The molecule has 7 heteroatoms. The van der Waals surface area contributed by atoms with Crippen LogP contribution in [0.4, 0.5) is 0 Å². The van der Waals surface area contributed by atoms with E-state index in [1.165, 1.54) is 29.6 Å². The maximum absolute atomic E-state index is 12.3. The van der Waals surface area contributed by atoms with Gasteiger partial charge in [-0.3, -0.25) is 0 Å². The number of tetrazole rings is 1. The summed E-state index contributed by atoms with van der Waals surface area (Å²) in [4.78, 5) is 14.3. The number of hydrogen-bond donors (Lipinski definition) is 0. The summed E-state index contributed by atoms with van der Waals surface area (Å²) in [7, 11) is 0. The molecule has 0 spiro atoms. The summed E-state index contributed by atoms with van der Waals surface area (Å²) in [6.07, 6.45) is 6.07. The summed E-state index contributed by atoms with van der Waals surface area (Å²) < 4.78 is 7.00. The minimum atomic E-state index is -0.292. The van der Waals surface area contributed by atoms with Crippen LogP contribution in [0.5, 0.6) is 5.75 Å². The molecule has 3 aromatic rings. The zero-order chi connectivity index (χ0) is 15.6. The van der Waals surface area contributed by atoms with Crippen molar-refractivity contribution in [2.75, 3.05) is 0 Å². The molecule has 4 rings (SSSR count). The molecule has 0 radical (unpaired) electrons. The molecule has 23 heavy (non-hydrogen) atoms. The highest BCUT2D eigenvalue weighted by Gasteiger charge is 2.18. The molecule has 0 atom stereocenters. The summed E-state index contributed by atoms with van der Waals surface area (Å²) in [6.45, 7) is 0. The second-order valence-electron chi connectivity index (χ2n) is 5.40. The van der Waals surface area contributed by atoms with Gasteiger partial charge in [0.25, 0.3) is 0 Å². The van der Waals surface area contributed by atoms with Gasteiger partial charge in [-0.15, -0.1) is 16.4 Å². The first-order valence-electron chi connectivity index (χ1n) is 7.47. The number of hydrogen-bond acceptors (Lipinski definition) is 6. The van der Waals surface area contributed by atoms with Crippen LogP contribution in [0, 0.1) is 0 Å². The van der Waals surface area contributed by atoms with Crippen molar-refractivity contribution < 1.29 is 9.53 Å². The summed E-state index contributed by atoms with van der Waals surface area (Å²) in [5.74, 6) is 0.220. The van der Waals surface area contributed by atoms with Gasteiger partial charge in [-0.25, -0.2) is 9.48 Å². The second kappa shape index (κ2) is 5.92. The molecule has 1 aliphatic rings. The van der Waals surface area contributed by atoms with Crippen LogP contribution in [0.3, 0.4) is 0 Å². The summed E-state index contributed by atoms with van der Waals surface area (Å²) in [5, 5.41) is 11.0. The van der Waals surface area contributed by atoms with E-state index < -0.39 is 0 Å². The second-order valence-corrected chi connectivity index (χ2v) is 6.54. The van der Waals surface area contributed by atoms with Crippen molar-refractivity contribution in [3.63, 3.8) is 0 Å². The fourth-order valence-corrected chi connectivity index (χ4v) is 3.83. The molecule has 2 heterocycles. The van der Waals surface area contributed by atoms with E-state index in [2.05, 4.69) is 15.5 Å². The normalized spacial score (nSPS) is 13.6. The third-order valence-electron chi connectivity index (χ3n) is 3.86. The number of thiophene rings is 1. The lowest BCUT2D eigenvalue weighted by Crippen LogP contribution is -2.06. The molecule has 0 amide bonds. The van der Waals surface area contributed by atoms with E-state index in [0.29, 0.717) is 10.6 Å². The molecule has 0 saturated heterocycles. The molecule has 2 aromatic heterocycles. The Bertz CT molecular complexity index is 801. The Balaban J connectivity index is 1.49. The number of fused-ring (bicyclic) bond motifs is 1. The topological polar surface area (TPSA) is 69.9 Å². The number of carbonyl (C=O) groups excluding carboxylic acids is 1. The third kappa shape index (κ3) is 2.87. The molecule has 0 unspecified atom stereocenters. The van der Waals surface area contributed by atoms with Crippen molar-refractivity contribution >= 4 is 17.3 Å². The zero-order valence-corrected chi connectivity index (χ0v) is 13.1. The number of nitrogens with zero attached hydrogens (tertiary/aromatic N) is 4. The van der Waals surface area contributed by atoms with E-state index in [1.807, 2.05) is 6.07 Å². The lowest BCUT2D eigenvalue weighted by Gasteiger charge is -2.08. The van der Waals surface area contributed by atoms with Gasteiger partial charge >= 0.3 is 5.97 Å². The number of carbonyl (C=O) groups is 1. The summed E-state index contributed by atoms with van der Waals surface area (Å²) in [6, 6.07) is 9.07. The van der Waals surface area contributed by atoms with Gasteiger partial charge in [0.05, 0.1) is 5.69 Å². The van der Waals surface area contributed by atoms with Gasteiger partial charge in [-0.2, -0.15) is 0 Å². The first kappa shape index (κ1) is 14.1. The minimum absolute atomic E-state index is 0.292. The molecule has 0 N–H and O–H groups in total. The van der Waals surface area contributed by atoms with Crippen LogP contribution in [-0.4, -0.2) is 26.2 Å². The van der Waals surface area contributed by atoms with Gasteiger partial charge in [-0.05, 0) is 72.0 Å². The fourth-order valence-electron chi connectivity index (χ4n) is 2.70. The van der Waals surface area contributed by atoms with Crippen LogP contribution >= 0.6 is 11.3 Å². The SMILES string of the molecule is O=C(Oc1ccc(-n2cnnn2)cc1)c1cc2c(s1)CCCC2. The van der Waals surface area contributed by atoms with Crippen molar-refractivity contribution in [1.29, 1.82) is 0 Å². The van der Waals surface area contributed by atoms with Gasteiger partial charge in [0, 0.05) is 4.88 Å². The Morgan fingerprint density at radius 3 is 2.74 bits per heavy atom. The maximum Gasteiger partial charge on any atom is 0.353 e. The van der Waals surface area contributed by atoms with Gasteiger partial charge in [-0.1, -0.05) is 0 Å². The first-order chi connectivity index (χ1) is 11.3. The van der Waals surface area contributed by atoms with Gasteiger partial charge in [0.15, 0.2) is 0 Å². The number of aryl methyl sites for hydroxylation is 2. The molecule has 1 aromatic carbocycles. The van der Waals surface area contributed by atoms with E-state index >= 15 is 0 Å². The minimum Gasteiger partial charge on any atom is -0.422 e. The van der Waals surface area contributed by atoms with E-state index in [9.17, 15) is 4.79 Å². The standard InChI is InChI=1S/C16H14N4O2S/c21-16(15-9-11-3-1-2-4-14(11)23-15)22-13-7-5-12(6-8-13)20-10-17-18-19-20/h5-10H,1-4H2. The average Bonchev–Trinajstić information content (AvgIpc) is 3.25. The summed E-state index contributed by atoms with van der Waals surface area (Å²) in [5.41, 5.74) is 2.11. The predicted molar refractivity (Wildman–Crippen MR) is 85.1 cm³/mol. The molecule has 0 saturated carbocycles. The lowest BCUT2D eigenvalue weighted by molar-refractivity contribution is 0.0740. The van der Waals surface area contributed by atoms with Crippen LogP contribution in [-0.2, 0) is 12.8 Å². The molecule has 0 aliphatic heterocycles. The Labute approximate surface area is 136 Å². The van der Waals surface area contributed by atoms with Crippen molar-refractivity contribution in [3.05, 3.63) is 52.0 Å². The predicted octanol–water partition coefficient (Wildman–Crippen LogP) is 2.82. The Kier molecular flexibility index (Phi) is 3.63. The highest BCUT2D eigenvalue weighted by molar-refractivity contribution is 7.14. The molecular formula is C16H14N4O2S. The third-order valence-corrected chi connectivity index (χ3v) is 5.08. The molecule has 1 aliphatic carbocycles. The van der Waals surface area contributed by atoms with E-state index in [0.717, 1.165) is 18.5 Å². The number of rotatable bonds is 3. The first-order valence-corrected chi connectivity index (χ1v) is 8.28. The largest absolute Gasteiger partial charge is 0.422 e. The number of esters is 1. The maximum atomic E-state index is 12.3. The number of aromatic nitrogens is 4. The highest BCUT2D eigenvalue weighted by Crippen LogP contribution is 2.30. The van der Waals surface area contributed by atoms with Crippen LogP contribution < -0.4 is 4.74 Å². The van der Waals surface area contributed by atoms with Crippen molar-refractivity contribution in [3.8, 4) is 11.4 Å². The van der Waals surface area contributed by atoms with E-state index in [1.54, 1.807) is 40.3 Å². The zero-order valence-electron chi connectivity index (χ0n) is 12.3. The van der Waals surface area contributed by atoms with E-state index in [4.69, 9.17) is 4.74 Å². The van der Waals surface area contributed by atoms with Crippen LogP contribution in [0.1, 0.15) is 33.0 Å². The van der Waals surface area contributed by atoms with Gasteiger partial charge < -0.3 is 4.74 Å². The van der Waals surface area contributed by atoms with Crippen LogP contribution in [0.25, 0.3) is 5.69 Å². The van der Waals surface area contributed by atoms with Gasteiger partial charge in [0.1, 0.15) is 17.0 Å². The fraction of sp³-hybridized carbons (Fsp3) is 0.250. The van der Waals surface area contributed by atoms with E-state index in [-0.39, 0.29) is 5.97 Å². The lowest BCUT2D eigenvalue weighted by atomic mass is 9.99. The molecule has 0 bridgehead atoms. The van der Waals surface area contributed by atoms with Crippen LogP contribution in [0.2, 0.25) is 0 Å². The smallest absolute Gasteiger partial charge is 0.353 e. The van der Waals surface area contributed by atoms with Crippen LogP contribution in [0.15, 0.2) is 36.7 Å². The Hall–Kier alpha value is -2.54. The number of ether oxygens (including phenoxy) is 1. The quantitative estimate of drug-likeness (QED) is 0.547. The van der Waals surface area contributed by atoms with Crippen molar-refractivity contribution in [2.24, 2.45) is 0 Å². The molecule has 6 nitrogen and oxygen atoms in total. The molecule has 116 valence electrons. The molecular weight excluding hydrogens is 312 g/mol. The average molecular weight is 326 g/mol. The summed E-state index contributed by atoms with van der Waals surface area (Å²) >= 11 is 1.56.